The van der Waals surface area contributed by atoms with Crippen LogP contribution in [0.15, 0.2) is 24.3 Å². The standard InChI is InChI=1S/C14H18GeNO3.3H2O/c1-3-19-14(18)6-4-5-13(17)16(2)12-9-7-11(15)8-10-12;;;/h7-10H,3-6H2,1-2H3;3*1H2. The van der Waals surface area contributed by atoms with E-state index in [4.69, 9.17) is 4.74 Å². The Bertz CT molecular complexity index is 437. The zero-order valence-corrected chi connectivity index (χ0v) is 14.9. The van der Waals surface area contributed by atoms with Crippen molar-refractivity contribution in [3.8, 4) is 0 Å². The molecule has 0 unspecified atom stereocenters. The smallest absolute Gasteiger partial charge is 0.412 e. The number of rotatable bonds is 6. The van der Waals surface area contributed by atoms with Crippen LogP contribution in [0.4, 0.5) is 5.69 Å². The Kier molecular flexibility index (Phi) is 15.4. The molecule has 0 aromatic heterocycles. The van der Waals surface area contributed by atoms with Crippen LogP contribution in [-0.2, 0) is 14.3 Å². The summed E-state index contributed by atoms with van der Waals surface area (Å²) in [5, 5.41) is 0. The van der Waals surface area contributed by atoms with Crippen LogP contribution in [0.5, 0.6) is 0 Å². The molecule has 0 fully saturated rings. The third-order valence-corrected chi connectivity index (χ3v) is 3.40. The van der Waals surface area contributed by atoms with Crippen LogP contribution in [0.25, 0.3) is 0 Å². The minimum Gasteiger partial charge on any atom is -0.412 e. The van der Waals surface area contributed by atoms with Gasteiger partial charge < -0.3 is 16.4 Å². The predicted octanol–water partition coefficient (Wildman–Crippen LogP) is -1.30. The van der Waals surface area contributed by atoms with Gasteiger partial charge in [-0.3, -0.25) is 0 Å². The largest absolute Gasteiger partial charge is 0.412 e. The Hall–Kier alpha value is -1.42. The van der Waals surface area contributed by atoms with E-state index < -0.39 is 0 Å². The quantitative estimate of drug-likeness (QED) is 0.451. The number of carbonyl (C=O) groups is 2. The molecule has 22 heavy (non-hydrogen) atoms. The summed E-state index contributed by atoms with van der Waals surface area (Å²) in [6.45, 7) is 2.16. The second-order valence-electron chi connectivity index (χ2n) is 4.16. The Labute approximate surface area is 138 Å². The molecule has 1 amide bonds. The third kappa shape index (κ3) is 8.78. The molecule has 6 N–H and O–H groups in total. The first-order valence-corrected chi connectivity index (χ1v) is 7.33. The molecule has 1 aromatic rings. The van der Waals surface area contributed by atoms with E-state index >= 15 is 0 Å². The van der Waals surface area contributed by atoms with E-state index in [-0.39, 0.29) is 28.3 Å². The predicted molar refractivity (Wildman–Crippen MR) is 86.6 cm³/mol. The number of hydrogen-bond acceptors (Lipinski definition) is 3. The Morgan fingerprint density at radius 3 is 2.14 bits per heavy atom. The van der Waals surface area contributed by atoms with Crippen LogP contribution < -0.4 is 9.30 Å². The first-order valence-electron chi connectivity index (χ1n) is 6.28. The molecule has 125 valence electrons. The Balaban J connectivity index is -0.00000120. The van der Waals surface area contributed by atoms with Gasteiger partial charge in [0.1, 0.15) is 0 Å². The van der Waals surface area contributed by atoms with Crippen LogP contribution in [0, 0.1) is 0 Å². The summed E-state index contributed by atoms with van der Waals surface area (Å²) in [6, 6.07) is 7.77. The molecule has 0 saturated carbocycles. The maximum Gasteiger partial charge on any atom is -0.412 e. The number of nitrogens with zero attached hydrogens (tertiary/aromatic N) is 1. The third-order valence-electron chi connectivity index (χ3n) is 2.71. The molecule has 1 rings (SSSR count). The average Bonchev–Trinajstić information content (AvgIpc) is 2.39. The zero-order chi connectivity index (χ0) is 14.3. The maximum absolute atomic E-state index is 11.9. The number of anilines is 1. The number of hydrogen-bond donors (Lipinski definition) is 0. The number of carbonyl (C=O) groups excluding carboxylic acids is 2. The second kappa shape index (κ2) is 13.3. The summed E-state index contributed by atoms with van der Waals surface area (Å²) < 4.78 is 5.98. The summed E-state index contributed by atoms with van der Waals surface area (Å²) in [7, 11) is 1.75. The molecule has 8 heteroatoms. The van der Waals surface area contributed by atoms with Crippen LogP contribution in [0.2, 0.25) is 0 Å². The molecule has 0 bridgehead atoms. The van der Waals surface area contributed by atoms with Crippen molar-refractivity contribution < 1.29 is 30.8 Å². The molecule has 0 atom stereocenters. The molecule has 0 aliphatic heterocycles. The van der Waals surface area contributed by atoms with Crippen molar-refractivity contribution in [1.29, 1.82) is 0 Å². The molecule has 0 saturated heterocycles. The van der Waals surface area contributed by atoms with Crippen molar-refractivity contribution >= 4 is 38.5 Å². The van der Waals surface area contributed by atoms with E-state index in [2.05, 4.69) is 0 Å². The van der Waals surface area contributed by atoms with E-state index in [1.165, 1.54) is 0 Å². The van der Waals surface area contributed by atoms with Crippen molar-refractivity contribution in [1.82, 2.24) is 0 Å². The fourth-order valence-corrected chi connectivity index (χ4v) is 1.96. The van der Waals surface area contributed by atoms with Gasteiger partial charge in [-0.15, -0.1) is 0 Å². The van der Waals surface area contributed by atoms with Gasteiger partial charge in [-0.1, -0.05) is 0 Å². The van der Waals surface area contributed by atoms with Gasteiger partial charge in [-0.25, -0.2) is 0 Å². The zero-order valence-electron chi connectivity index (χ0n) is 12.8. The summed E-state index contributed by atoms with van der Waals surface area (Å²) >= 11 is 2.00. The molecular weight excluding hydrogens is 351 g/mol. The van der Waals surface area contributed by atoms with Crippen LogP contribution in [-0.4, -0.2) is 58.5 Å². The normalized spacial score (nSPS) is 8.68. The van der Waals surface area contributed by atoms with Crippen molar-refractivity contribution in [3.63, 3.8) is 0 Å². The van der Waals surface area contributed by atoms with Crippen LogP contribution >= 0.6 is 0 Å². The SMILES string of the molecule is CCOC(=O)CCCC(=O)N(C)c1cc[c]([Ge])cc1.O.O.O. The minimum absolute atomic E-state index is 0. The first-order chi connectivity index (χ1) is 9.04. The number of esters is 1. The molecule has 7 nitrogen and oxygen atoms in total. The van der Waals surface area contributed by atoms with E-state index in [0.29, 0.717) is 25.9 Å². The second-order valence-corrected chi connectivity index (χ2v) is 5.37. The molecule has 0 aliphatic carbocycles. The molecule has 1 aromatic carbocycles. The number of benzene rings is 1. The van der Waals surface area contributed by atoms with Crippen LogP contribution in [0.3, 0.4) is 0 Å². The van der Waals surface area contributed by atoms with Gasteiger partial charge in [0.25, 0.3) is 0 Å². The minimum atomic E-state index is -0.242. The Morgan fingerprint density at radius 1 is 1.09 bits per heavy atom. The fraction of sp³-hybridized carbons (Fsp3) is 0.429. The van der Waals surface area contributed by atoms with Gasteiger partial charge in [-0.05, 0) is 6.92 Å². The molecule has 0 aliphatic rings. The first kappa shape index (κ1) is 25.5. The topological polar surface area (TPSA) is 141 Å². The molecule has 0 spiro atoms. The van der Waals surface area contributed by atoms with Gasteiger partial charge in [0, 0.05) is 0 Å². The fourth-order valence-electron chi connectivity index (χ4n) is 1.61. The summed E-state index contributed by atoms with van der Waals surface area (Å²) in [6.07, 6.45) is 1.17. The van der Waals surface area contributed by atoms with Gasteiger partial charge >= 0.3 is 115 Å². The van der Waals surface area contributed by atoms with Gasteiger partial charge in [0.15, 0.2) is 0 Å². The van der Waals surface area contributed by atoms with Gasteiger partial charge in [0.05, 0.1) is 0 Å². The number of amides is 1. The summed E-state index contributed by atoms with van der Waals surface area (Å²) in [5.41, 5.74) is 0.867. The summed E-state index contributed by atoms with van der Waals surface area (Å²) in [4.78, 5) is 24.7. The monoisotopic (exact) mass is 376 g/mol. The van der Waals surface area contributed by atoms with Gasteiger partial charge in [-0.2, -0.15) is 0 Å². The van der Waals surface area contributed by atoms with Gasteiger partial charge in [0.2, 0.25) is 0 Å². The Morgan fingerprint density at radius 2 is 1.64 bits per heavy atom. The molecule has 3 radical (unpaired) electrons. The maximum atomic E-state index is 11.9. The van der Waals surface area contributed by atoms with E-state index in [1.54, 1.807) is 18.9 Å². The van der Waals surface area contributed by atoms with E-state index in [0.717, 1.165) is 10.1 Å². The van der Waals surface area contributed by atoms with E-state index in [1.807, 2.05) is 40.8 Å². The van der Waals surface area contributed by atoms with Crippen molar-refractivity contribution in [2.24, 2.45) is 0 Å². The van der Waals surface area contributed by atoms with Crippen LogP contribution in [0.1, 0.15) is 26.2 Å². The van der Waals surface area contributed by atoms with Crippen molar-refractivity contribution in [3.05, 3.63) is 24.3 Å². The molecular formula is C14H24GeNO6. The summed E-state index contributed by atoms with van der Waals surface area (Å²) in [5.74, 6) is -0.235. The van der Waals surface area contributed by atoms with Crippen molar-refractivity contribution in [2.45, 2.75) is 26.2 Å². The van der Waals surface area contributed by atoms with E-state index in [9.17, 15) is 9.59 Å². The van der Waals surface area contributed by atoms with Crippen molar-refractivity contribution in [2.75, 3.05) is 18.6 Å². The average molecular weight is 375 g/mol. The molecule has 0 heterocycles. The number of ether oxygens (including phenoxy) is 1.